The lowest BCUT2D eigenvalue weighted by molar-refractivity contribution is -0.139. The number of imide groups is 1. The number of carbonyl (C=O) groups is 3. The fourth-order valence-corrected chi connectivity index (χ4v) is 4.51. The summed E-state index contributed by atoms with van der Waals surface area (Å²) in [5.41, 5.74) is 0. The molecule has 0 unspecified atom stereocenters. The summed E-state index contributed by atoms with van der Waals surface area (Å²) in [5.74, 6) is 0.641. The van der Waals surface area contributed by atoms with Crippen LogP contribution in [0.4, 0.5) is 10.7 Å². The third-order valence-electron chi connectivity index (χ3n) is 5.33. The summed E-state index contributed by atoms with van der Waals surface area (Å²) in [4.78, 5) is 42.5. The van der Waals surface area contributed by atoms with E-state index in [4.69, 9.17) is 9.15 Å². The maximum Gasteiger partial charge on any atom is 0.294 e. The van der Waals surface area contributed by atoms with Crippen LogP contribution in [-0.2, 0) is 14.3 Å². The second-order valence-corrected chi connectivity index (χ2v) is 8.33. The third-order valence-corrected chi connectivity index (χ3v) is 6.24. The molecule has 156 valence electrons. The van der Waals surface area contributed by atoms with E-state index in [9.17, 15) is 14.4 Å². The molecule has 4 heterocycles. The Balaban J connectivity index is 1.41. The molecule has 1 aromatic heterocycles. The van der Waals surface area contributed by atoms with Gasteiger partial charge in [0.1, 0.15) is 12.3 Å². The van der Waals surface area contributed by atoms with Crippen molar-refractivity contribution in [2.45, 2.75) is 25.7 Å². The van der Waals surface area contributed by atoms with E-state index in [0.29, 0.717) is 32.1 Å². The minimum Gasteiger partial charge on any atom is -0.441 e. The summed E-state index contributed by atoms with van der Waals surface area (Å²) >= 11 is 0.843. The van der Waals surface area contributed by atoms with Gasteiger partial charge in [0, 0.05) is 38.3 Å². The van der Waals surface area contributed by atoms with Crippen molar-refractivity contribution >= 4 is 40.8 Å². The highest BCUT2D eigenvalue weighted by atomic mass is 32.2. The van der Waals surface area contributed by atoms with Gasteiger partial charge in [-0.2, -0.15) is 0 Å². The minimum atomic E-state index is -0.450. The fraction of sp³-hybridized carbons (Fsp3) is 0.550. The summed E-state index contributed by atoms with van der Waals surface area (Å²) < 4.78 is 11.1. The smallest absolute Gasteiger partial charge is 0.294 e. The van der Waals surface area contributed by atoms with Gasteiger partial charge in [-0.1, -0.05) is 12.8 Å². The Hall–Kier alpha value is -2.26. The van der Waals surface area contributed by atoms with Crippen LogP contribution in [0.15, 0.2) is 21.5 Å². The largest absolute Gasteiger partial charge is 0.441 e. The standard InChI is InChI=1S/C20H25N3O5S/c24-17(21-9-11-27-12-10-21)14-23-19(25)16(29-20(23)26)13-15-5-6-18(28-15)22-7-3-1-2-4-8-22/h5-6,13H,1-4,7-12,14H2/b16-13-. The monoisotopic (exact) mass is 419 g/mol. The molecule has 3 amide bonds. The number of furan rings is 1. The van der Waals surface area contributed by atoms with Crippen LogP contribution < -0.4 is 4.90 Å². The number of rotatable bonds is 4. The van der Waals surface area contributed by atoms with Crippen molar-refractivity contribution in [2.24, 2.45) is 0 Å². The van der Waals surface area contributed by atoms with E-state index in [1.165, 1.54) is 12.8 Å². The highest BCUT2D eigenvalue weighted by Gasteiger charge is 2.37. The highest BCUT2D eigenvalue weighted by Crippen LogP contribution is 2.33. The quantitative estimate of drug-likeness (QED) is 0.694. The molecule has 0 aliphatic carbocycles. The lowest BCUT2D eigenvalue weighted by Crippen LogP contribution is -2.46. The molecule has 29 heavy (non-hydrogen) atoms. The van der Waals surface area contributed by atoms with Crippen LogP contribution in [0.3, 0.4) is 0 Å². The summed E-state index contributed by atoms with van der Waals surface area (Å²) in [6, 6.07) is 3.72. The first-order chi connectivity index (χ1) is 14.1. The van der Waals surface area contributed by atoms with Gasteiger partial charge in [-0.3, -0.25) is 19.3 Å². The molecule has 1 aromatic rings. The number of amides is 3. The molecule has 3 aliphatic rings. The Morgan fingerprint density at radius 2 is 1.76 bits per heavy atom. The second-order valence-electron chi connectivity index (χ2n) is 7.34. The number of nitrogens with zero attached hydrogens (tertiary/aromatic N) is 3. The van der Waals surface area contributed by atoms with Crippen molar-refractivity contribution in [1.82, 2.24) is 9.80 Å². The summed E-state index contributed by atoms with van der Waals surface area (Å²) in [5, 5.41) is -0.429. The van der Waals surface area contributed by atoms with Gasteiger partial charge in [-0.15, -0.1) is 0 Å². The lowest BCUT2D eigenvalue weighted by Gasteiger charge is -2.27. The summed E-state index contributed by atoms with van der Waals surface area (Å²) in [7, 11) is 0. The van der Waals surface area contributed by atoms with Gasteiger partial charge in [0.2, 0.25) is 5.91 Å². The van der Waals surface area contributed by atoms with E-state index in [0.717, 1.165) is 48.5 Å². The molecule has 9 heteroatoms. The molecule has 4 rings (SSSR count). The highest BCUT2D eigenvalue weighted by molar-refractivity contribution is 8.18. The lowest BCUT2D eigenvalue weighted by atomic mass is 10.2. The van der Waals surface area contributed by atoms with E-state index in [2.05, 4.69) is 4.90 Å². The molecule has 0 saturated carbocycles. The zero-order valence-electron chi connectivity index (χ0n) is 16.3. The van der Waals surface area contributed by atoms with Gasteiger partial charge in [0.25, 0.3) is 11.1 Å². The molecule has 0 atom stereocenters. The Morgan fingerprint density at radius 1 is 1.03 bits per heavy atom. The van der Waals surface area contributed by atoms with Gasteiger partial charge in [0.05, 0.1) is 18.1 Å². The van der Waals surface area contributed by atoms with E-state index in [1.54, 1.807) is 11.0 Å². The van der Waals surface area contributed by atoms with Gasteiger partial charge in [-0.25, -0.2) is 0 Å². The Kier molecular flexibility index (Phi) is 6.25. The maximum atomic E-state index is 12.7. The molecule has 0 aromatic carbocycles. The Labute approximate surface area is 173 Å². The van der Waals surface area contributed by atoms with Crippen LogP contribution in [0.5, 0.6) is 0 Å². The van der Waals surface area contributed by atoms with Crippen molar-refractivity contribution < 1.29 is 23.5 Å². The zero-order chi connectivity index (χ0) is 20.2. The van der Waals surface area contributed by atoms with Crippen molar-refractivity contribution in [3.8, 4) is 0 Å². The fourth-order valence-electron chi connectivity index (χ4n) is 3.69. The van der Waals surface area contributed by atoms with Crippen molar-refractivity contribution in [3.63, 3.8) is 0 Å². The van der Waals surface area contributed by atoms with Gasteiger partial charge in [-0.05, 0) is 30.7 Å². The first kappa shape index (κ1) is 20.0. The number of hydrogen-bond acceptors (Lipinski definition) is 7. The maximum absolute atomic E-state index is 12.7. The zero-order valence-corrected chi connectivity index (χ0v) is 17.1. The number of morpholine rings is 1. The van der Waals surface area contributed by atoms with Gasteiger partial charge in [0.15, 0.2) is 5.88 Å². The normalized spacial score (nSPS) is 22.5. The van der Waals surface area contributed by atoms with Crippen molar-refractivity contribution in [1.29, 1.82) is 0 Å². The molecule has 8 nitrogen and oxygen atoms in total. The SMILES string of the molecule is O=C(CN1C(=O)S/C(=C\c2ccc(N3CCCCCC3)o2)C1=O)N1CCOCC1. The van der Waals surface area contributed by atoms with Crippen molar-refractivity contribution in [3.05, 3.63) is 22.8 Å². The molecule has 3 aliphatic heterocycles. The molecule has 0 spiro atoms. The van der Waals surface area contributed by atoms with E-state index < -0.39 is 11.1 Å². The predicted molar refractivity (Wildman–Crippen MR) is 109 cm³/mol. The molecule has 0 N–H and O–H groups in total. The van der Waals surface area contributed by atoms with Crippen molar-refractivity contribution in [2.75, 3.05) is 50.8 Å². The van der Waals surface area contributed by atoms with Gasteiger partial charge < -0.3 is 19.0 Å². The molecule has 3 fully saturated rings. The topological polar surface area (TPSA) is 83.3 Å². The Morgan fingerprint density at radius 3 is 2.48 bits per heavy atom. The third kappa shape index (κ3) is 4.67. The average molecular weight is 420 g/mol. The van der Waals surface area contributed by atoms with E-state index >= 15 is 0 Å². The van der Waals surface area contributed by atoms with Crippen LogP contribution in [0.1, 0.15) is 31.4 Å². The summed E-state index contributed by atoms with van der Waals surface area (Å²) in [6.45, 7) is 3.61. The van der Waals surface area contributed by atoms with Gasteiger partial charge >= 0.3 is 0 Å². The first-order valence-electron chi connectivity index (χ1n) is 10.1. The number of thioether (sulfide) groups is 1. The predicted octanol–water partition coefficient (Wildman–Crippen LogP) is 2.56. The van der Waals surface area contributed by atoms with E-state index in [1.807, 2.05) is 12.1 Å². The van der Waals surface area contributed by atoms with Crippen LogP contribution in [0.2, 0.25) is 0 Å². The van der Waals surface area contributed by atoms with Crippen LogP contribution in [0, 0.1) is 0 Å². The number of anilines is 1. The molecular formula is C20H25N3O5S. The molecule has 0 bridgehead atoms. The number of ether oxygens (including phenoxy) is 1. The number of hydrogen-bond donors (Lipinski definition) is 0. The average Bonchev–Trinajstić information content (AvgIpc) is 3.16. The molecule has 3 saturated heterocycles. The number of carbonyl (C=O) groups excluding carboxylic acids is 3. The van der Waals surface area contributed by atoms with E-state index in [-0.39, 0.29) is 17.4 Å². The minimum absolute atomic E-state index is 0.237. The first-order valence-corrected chi connectivity index (χ1v) is 10.9. The molecular weight excluding hydrogens is 394 g/mol. The van der Waals surface area contributed by atoms with Crippen LogP contribution in [-0.4, -0.2) is 72.8 Å². The second kappa shape index (κ2) is 9.04. The summed E-state index contributed by atoms with van der Waals surface area (Å²) in [6.07, 6.45) is 6.35. The van der Waals surface area contributed by atoms with Crippen LogP contribution >= 0.6 is 11.8 Å². The Bertz CT molecular complexity index is 807. The molecule has 0 radical (unpaired) electrons. The van der Waals surface area contributed by atoms with Crippen LogP contribution in [0.25, 0.3) is 6.08 Å².